The van der Waals surface area contributed by atoms with E-state index in [0.717, 1.165) is 5.56 Å². The lowest BCUT2D eigenvalue weighted by molar-refractivity contribution is 0.861. The van der Waals surface area contributed by atoms with Crippen LogP contribution in [0.5, 0.6) is 0 Å². The second kappa shape index (κ2) is 4.17. The van der Waals surface area contributed by atoms with Crippen LogP contribution < -0.4 is 0 Å². The number of halogens is 1. The summed E-state index contributed by atoms with van der Waals surface area (Å²) >= 11 is 3.23. The summed E-state index contributed by atoms with van der Waals surface area (Å²) in [5.41, 5.74) is 1.00. The highest BCUT2D eigenvalue weighted by molar-refractivity contribution is 9.09. The van der Waals surface area contributed by atoms with Gasteiger partial charge < -0.3 is 0 Å². The van der Waals surface area contributed by atoms with Crippen LogP contribution in [0.3, 0.4) is 0 Å². The van der Waals surface area contributed by atoms with E-state index >= 15 is 0 Å². The van der Waals surface area contributed by atoms with Crippen molar-refractivity contribution in [1.82, 2.24) is 9.97 Å². The van der Waals surface area contributed by atoms with Crippen LogP contribution in [-0.4, -0.2) is 15.3 Å². The molecule has 4 heteroatoms. The van der Waals surface area contributed by atoms with E-state index in [1.165, 1.54) is 0 Å². The van der Waals surface area contributed by atoms with Crippen LogP contribution in [0.4, 0.5) is 0 Å². The zero-order valence-corrected chi connectivity index (χ0v) is 8.24. The Hall–Kier alpha value is -0.950. The predicted octanol–water partition coefficient (Wildman–Crippen LogP) is 1.79. The first kappa shape index (κ1) is 9.14. The normalized spacial score (nSPS) is 12.1. The zero-order chi connectivity index (χ0) is 8.97. The molecular weight excluding hydrogens is 218 g/mol. The lowest BCUT2D eigenvalue weighted by Crippen LogP contribution is -2.03. The first-order chi connectivity index (χ1) is 5.77. The van der Waals surface area contributed by atoms with Gasteiger partial charge in [-0.15, -0.1) is 0 Å². The van der Waals surface area contributed by atoms with Crippen molar-refractivity contribution in [3.8, 4) is 6.07 Å². The Kier molecular flexibility index (Phi) is 3.18. The molecule has 0 aromatic carbocycles. The molecule has 0 aliphatic heterocycles. The number of nitriles is 1. The van der Waals surface area contributed by atoms with E-state index < -0.39 is 0 Å². The second-order valence-electron chi connectivity index (χ2n) is 2.45. The first-order valence-electron chi connectivity index (χ1n) is 3.52. The predicted molar refractivity (Wildman–Crippen MR) is 48.9 cm³/mol. The highest BCUT2D eigenvalue weighted by atomic mass is 79.9. The molecule has 1 unspecified atom stereocenters. The van der Waals surface area contributed by atoms with Crippen molar-refractivity contribution in [2.45, 2.75) is 12.8 Å². The molecule has 0 spiro atoms. The Bertz CT molecular complexity index is 288. The van der Waals surface area contributed by atoms with Crippen molar-refractivity contribution >= 4 is 15.9 Å². The molecule has 0 fully saturated rings. The van der Waals surface area contributed by atoms with Gasteiger partial charge in [0.15, 0.2) is 0 Å². The highest BCUT2D eigenvalue weighted by Crippen LogP contribution is 2.11. The number of hydrogen-bond acceptors (Lipinski definition) is 3. The number of alkyl halides is 1. The largest absolute Gasteiger partial charge is 0.240 e. The van der Waals surface area contributed by atoms with Crippen molar-refractivity contribution in [2.24, 2.45) is 0 Å². The van der Waals surface area contributed by atoms with Gasteiger partial charge >= 0.3 is 0 Å². The van der Waals surface area contributed by atoms with Gasteiger partial charge in [0.05, 0.1) is 6.07 Å². The average molecular weight is 226 g/mol. The molecule has 0 N–H and O–H groups in total. The maximum atomic E-state index is 8.69. The van der Waals surface area contributed by atoms with Gasteiger partial charge in [-0.05, 0) is 12.5 Å². The summed E-state index contributed by atoms with van der Waals surface area (Å²) in [7, 11) is 0. The van der Waals surface area contributed by atoms with Gasteiger partial charge in [0.25, 0.3) is 0 Å². The highest BCUT2D eigenvalue weighted by Gasteiger charge is 2.10. The van der Waals surface area contributed by atoms with E-state index in [4.69, 9.17) is 5.26 Å². The van der Waals surface area contributed by atoms with Crippen LogP contribution >= 0.6 is 15.9 Å². The molecule has 1 atom stereocenters. The molecule has 0 aliphatic carbocycles. The van der Waals surface area contributed by atoms with Crippen LogP contribution in [-0.2, 0) is 0 Å². The first-order valence-corrected chi connectivity index (χ1v) is 4.64. The molecule has 1 aromatic rings. The molecule has 1 aromatic heterocycles. The van der Waals surface area contributed by atoms with Crippen LogP contribution in [0.15, 0.2) is 12.4 Å². The van der Waals surface area contributed by atoms with Crippen molar-refractivity contribution in [1.29, 1.82) is 5.26 Å². The van der Waals surface area contributed by atoms with E-state index in [2.05, 4.69) is 32.0 Å². The van der Waals surface area contributed by atoms with Gasteiger partial charge in [0.1, 0.15) is 11.7 Å². The van der Waals surface area contributed by atoms with Crippen LogP contribution in [0.2, 0.25) is 0 Å². The molecule has 0 aliphatic rings. The van der Waals surface area contributed by atoms with E-state index in [-0.39, 0.29) is 5.92 Å². The minimum absolute atomic E-state index is 0.245. The minimum Gasteiger partial charge on any atom is -0.240 e. The average Bonchev–Trinajstić information content (AvgIpc) is 2.10. The van der Waals surface area contributed by atoms with Crippen LogP contribution in [0, 0.1) is 18.3 Å². The number of hydrogen-bond donors (Lipinski definition) is 0. The number of aryl methyl sites for hydroxylation is 1. The molecule has 0 saturated heterocycles. The summed E-state index contributed by atoms with van der Waals surface area (Å²) in [5, 5.41) is 9.26. The van der Waals surface area contributed by atoms with E-state index in [0.29, 0.717) is 11.2 Å². The summed E-state index contributed by atoms with van der Waals surface area (Å²) in [6, 6.07) is 2.12. The fraction of sp³-hybridized carbons (Fsp3) is 0.375. The number of aromatic nitrogens is 2. The lowest BCUT2D eigenvalue weighted by Gasteiger charge is -2.01. The smallest absolute Gasteiger partial charge is 0.146 e. The number of nitrogens with zero attached hydrogens (tertiary/aromatic N) is 3. The Morgan fingerprint density at radius 2 is 2.17 bits per heavy atom. The van der Waals surface area contributed by atoms with E-state index in [1.54, 1.807) is 12.4 Å². The van der Waals surface area contributed by atoms with Gasteiger partial charge in [-0.2, -0.15) is 5.26 Å². The van der Waals surface area contributed by atoms with Gasteiger partial charge in [-0.25, -0.2) is 9.97 Å². The van der Waals surface area contributed by atoms with Crippen LogP contribution in [0.25, 0.3) is 0 Å². The molecular formula is C8H8BrN3. The van der Waals surface area contributed by atoms with Crippen molar-refractivity contribution in [3.63, 3.8) is 0 Å². The van der Waals surface area contributed by atoms with Crippen LogP contribution in [0.1, 0.15) is 17.3 Å². The third-order valence-electron chi connectivity index (χ3n) is 1.42. The van der Waals surface area contributed by atoms with Gasteiger partial charge in [0, 0.05) is 17.7 Å². The fourth-order valence-corrected chi connectivity index (χ4v) is 1.18. The van der Waals surface area contributed by atoms with E-state index in [9.17, 15) is 0 Å². The Morgan fingerprint density at radius 3 is 2.58 bits per heavy atom. The molecule has 1 heterocycles. The van der Waals surface area contributed by atoms with Crippen molar-refractivity contribution in [3.05, 3.63) is 23.8 Å². The SMILES string of the molecule is Cc1cnc(C(C#N)CBr)nc1. The van der Waals surface area contributed by atoms with Gasteiger partial charge in [-0.1, -0.05) is 15.9 Å². The molecule has 0 saturated carbocycles. The Labute approximate surface area is 79.6 Å². The summed E-state index contributed by atoms with van der Waals surface area (Å²) in [6.45, 7) is 1.92. The topological polar surface area (TPSA) is 49.6 Å². The Balaban J connectivity index is 2.89. The molecule has 3 nitrogen and oxygen atoms in total. The third-order valence-corrected chi connectivity index (χ3v) is 2.07. The maximum absolute atomic E-state index is 8.69. The number of rotatable bonds is 2. The van der Waals surface area contributed by atoms with Crippen molar-refractivity contribution < 1.29 is 0 Å². The standard InChI is InChI=1S/C8H8BrN3/c1-6-4-11-8(12-5-6)7(2-9)3-10/h4-5,7H,2H2,1H3. The molecule has 12 heavy (non-hydrogen) atoms. The van der Waals surface area contributed by atoms with Crippen molar-refractivity contribution in [2.75, 3.05) is 5.33 Å². The maximum Gasteiger partial charge on any atom is 0.146 e. The fourth-order valence-electron chi connectivity index (χ4n) is 0.744. The third kappa shape index (κ3) is 2.02. The lowest BCUT2D eigenvalue weighted by atomic mass is 10.2. The Morgan fingerprint density at radius 1 is 1.58 bits per heavy atom. The molecule has 62 valence electrons. The molecule has 0 bridgehead atoms. The van der Waals surface area contributed by atoms with Gasteiger partial charge in [0.2, 0.25) is 0 Å². The minimum atomic E-state index is -0.245. The summed E-state index contributed by atoms with van der Waals surface area (Å²) in [4.78, 5) is 8.11. The molecule has 1 rings (SSSR count). The van der Waals surface area contributed by atoms with E-state index in [1.807, 2.05) is 6.92 Å². The zero-order valence-electron chi connectivity index (χ0n) is 6.66. The summed E-state index contributed by atoms with van der Waals surface area (Å²) in [6.07, 6.45) is 3.44. The molecule has 0 radical (unpaired) electrons. The summed E-state index contributed by atoms with van der Waals surface area (Å²) < 4.78 is 0. The monoisotopic (exact) mass is 225 g/mol. The summed E-state index contributed by atoms with van der Waals surface area (Å²) in [5.74, 6) is 0.338. The quantitative estimate of drug-likeness (QED) is 0.722. The van der Waals surface area contributed by atoms with Gasteiger partial charge in [-0.3, -0.25) is 0 Å². The molecule has 0 amide bonds. The second-order valence-corrected chi connectivity index (χ2v) is 3.10.